The molecule has 0 saturated carbocycles. The average Bonchev–Trinajstić information content (AvgIpc) is 2.92. The minimum atomic E-state index is -0.872. The van der Waals surface area contributed by atoms with E-state index < -0.39 is 5.97 Å². The lowest BCUT2D eigenvalue weighted by Crippen LogP contribution is -2.32. The zero-order chi connectivity index (χ0) is 15.9. The molecule has 22 heavy (non-hydrogen) atoms. The smallest absolute Gasteiger partial charge is 0.303 e. The van der Waals surface area contributed by atoms with Crippen molar-refractivity contribution < 1.29 is 19.1 Å². The van der Waals surface area contributed by atoms with Crippen LogP contribution in [0.25, 0.3) is 0 Å². The summed E-state index contributed by atoms with van der Waals surface area (Å²) in [6.45, 7) is 2.45. The van der Waals surface area contributed by atoms with E-state index in [4.69, 9.17) is 9.52 Å². The quantitative estimate of drug-likeness (QED) is 0.849. The third-order valence-electron chi connectivity index (χ3n) is 3.26. The Labute approximate surface area is 128 Å². The van der Waals surface area contributed by atoms with E-state index in [1.807, 2.05) is 30.3 Å². The van der Waals surface area contributed by atoms with Crippen molar-refractivity contribution >= 4 is 11.9 Å². The number of carboxylic acids is 1. The molecule has 116 valence electrons. The predicted octanol–water partition coefficient (Wildman–Crippen LogP) is 2.49. The van der Waals surface area contributed by atoms with E-state index in [1.165, 1.54) is 6.39 Å². The monoisotopic (exact) mass is 302 g/mol. The molecule has 0 unspecified atom stereocenters. The lowest BCUT2D eigenvalue weighted by Gasteiger charge is -2.21. The maximum atomic E-state index is 12.6. The van der Waals surface area contributed by atoms with Gasteiger partial charge >= 0.3 is 5.97 Å². The van der Waals surface area contributed by atoms with Crippen molar-refractivity contribution in [2.75, 3.05) is 6.54 Å². The van der Waals surface area contributed by atoms with E-state index in [2.05, 4.69) is 4.98 Å². The fraction of sp³-hybridized carbons (Fsp3) is 0.312. The second kappa shape index (κ2) is 7.40. The second-order valence-corrected chi connectivity index (χ2v) is 4.98. The van der Waals surface area contributed by atoms with E-state index in [0.717, 1.165) is 5.56 Å². The van der Waals surface area contributed by atoms with Gasteiger partial charge in [0.25, 0.3) is 5.91 Å². The van der Waals surface area contributed by atoms with Gasteiger partial charge < -0.3 is 14.4 Å². The number of hydrogen-bond acceptors (Lipinski definition) is 4. The van der Waals surface area contributed by atoms with Crippen molar-refractivity contribution in [1.82, 2.24) is 9.88 Å². The Hall–Kier alpha value is -2.63. The summed E-state index contributed by atoms with van der Waals surface area (Å²) in [5.74, 6) is -0.946. The van der Waals surface area contributed by atoms with E-state index in [1.54, 1.807) is 11.8 Å². The molecule has 2 rings (SSSR count). The van der Waals surface area contributed by atoms with Gasteiger partial charge in [-0.3, -0.25) is 9.59 Å². The molecule has 2 aromatic rings. The number of benzene rings is 1. The number of rotatable bonds is 7. The van der Waals surface area contributed by atoms with E-state index in [-0.39, 0.29) is 18.1 Å². The molecule has 1 heterocycles. The van der Waals surface area contributed by atoms with Crippen LogP contribution in [0.2, 0.25) is 0 Å². The van der Waals surface area contributed by atoms with Gasteiger partial charge in [-0.2, -0.15) is 0 Å². The molecular weight excluding hydrogens is 284 g/mol. The standard InChI is InChI=1S/C16H18N2O4/c1-12-15(22-11-17-12)16(21)18(9-5-8-14(19)20)10-13-6-3-2-4-7-13/h2-4,6-7,11H,5,8-10H2,1H3,(H,19,20). The summed E-state index contributed by atoms with van der Waals surface area (Å²) in [5, 5.41) is 8.75. The first-order chi connectivity index (χ1) is 10.6. The topological polar surface area (TPSA) is 83.6 Å². The molecule has 0 aliphatic carbocycles. The molecule has 1 aromatic carbocycles. The van der Waals surface area contributed by atoms with E-state index in [0.29, 0.717) is 25.2 Å². The molecule has 0 atom stereocenters. The number of oxazole rings is 1. The first-order valence-corrected chi connectivity index (χ1v) is 7.03. The molecule has 1 aromatic heterocycles. The number of carbonyl (C=O) groups excluding carboxylic acids is 1. The molecule has 0 spiro atoms. The number of aliphatic carboxylic acids is 1. The van der Waals surface area contributed by atoms with Crippen LogP contribution in [0.4, 0.5) is 0 Å². The third kappa shape index (κ3) is 4.18. The highest BCUT2D eigenvalue weighted by atomic mass is 16.4. The average molecular weight is 302 g/mol. The molecule has 0 saturated heterocycles. The van der Waals surface area contributed by atoms with Gasteiger partial charge in [-0.1, -0.05) is 30.3 Å². The first kappa shape index (κ1) is 15.8. The molecule has 6 nitrogen and oxygen atoms in total. The van der Waals surface area contributed by atoms with Crippen molar-refractivity contribution in [3.8, 4) is 0 Å². The molecule has 0 fully saturated rings. The number of carboxylic acid groups (broad SMARTS) is 1. The van der Waals surface area contributed by atoms with Crippen molar-refractivity contribution in [2.24, 2.45) is 0 Å². The Morgan fingerprint density at radius 3 is 2.59 bits per heavy atom. The van der Waals surface area contributed by atoms with E-state index >= 15 is 0 Å². The number of hydrogen-bond donors (Lipinski definition) is 1. The van der Waals surface area contributed by atoms with Crippen LogP contribution in [0.15, 0.2) is 41.1 Å². The van der Waals surface area contributed by atoms with Crippen molar-refractivity contribution in [2.45, 2.75) is 26.3 Å². The molecule has 0 radical (unpaired) electrons. The summed E-state index contributed by atoms with van der Waals surface area (Å²) in [4.78, 5) is 28.7. The normalized spacial score (nSPS) is 10.4. The molecule has 6 heteroatoms. The summed E-state index contributed by atoms with van der Waals surface area (Å²) in [6, 6.07) is 9.54. The van der Waals surface area contributed by atoms with Gasteiger partial charge in [-0.05, 0) is 18.9 Å². The van der Waals surface area contributed by atoms with Gasteiger partial charge in [0.2, 0.25) is 5.76 Å². The Morgan fingerprint density at radius 2 is 2.00 bits per heavy atom. The van der Waals surface area contributed by atoms with Gasteiger partial charge in [0.05, 0.1) is 5.69 Å². The van der Waals surface area contributed by atoms with Crippen LogP contribution in [0.3, 0.4) is 0 Å². The second-order valence-electron chi connectivity index (χ2n) is 4.98. The summed E-state index contributed by atoms with van der Waals surface area (Å²) < 4.78 is 5.15. The summed E-state index contributed by atoms with van der Waals surface area (Å²) in [6.07, 6.45) is 1.65. The maximum absolute atomic E-state index is 12.6. The van der Waals surface area contributed by atoms with Crippen LogP contribution in [0.1, 0.15) is 34.7 Å². The van der Waals surface area contributed by atoms with Crippen LogP contribution < -0.4 is 0 Å². The maximum Gasteiger partial charge on any atom is 0.303 e. The van der Waals surface area contributed by atoms with E-state index in [9.17, 15) is 9.59 Å². The number of aromatic nitrogens is 1. The highest BCUT2D eigenvalue weighted by Crippen LogP contribution is 2.13. The van der Waals surface area contributed by atoms with Crippen LogP contribution >= 0.6 is 0 Å². The molecular formula is C16H18N2O4. The number of nitrogens with zero attached hydrogens (tertiary/aromatic N) is 2. The van der Waals surface area contributed by atoms with Crippen molar-refractivity contribution in [3.05, 3.63) is 53.7 Å². The zero-order valence-corrected chi connectivity index (χ0v) is 12.4. The van der Waals surface area contributed by atoms with Gasteiger partial charge in [0.1, 0.15) is 0 Å². The number of amides is 1. The SMILES string of the molecule is Cc1ncoc1C(=O)N(CCCC(=O)O)Cc1ccccc1. The molecule has 0 bridgehead atoms. The van der Waals surface area contributed by atoms with Gasteiger partial charge in [-0.15, -0.1) is 0 Å². The lowest BCUT2D eigenvalue weighted by molar-refractivity contribution is -0.137. The highest BCUT2D eigenvalue weighted by Gasteiger charge is 2.21. The van der Waals surface area contributed by atoms with Gasteiger partial charge in [-0.25, -0.2) is 4.98 Å². The number of aryl methyl sites for hydroxylation is 1. The Morgan fingerprint density at radius 1 is 1.27 bits per heavy atom. The molecule has 1 N–H and O–H groups in total. The van der Waals surface area contributed by atoms with Crippen molar-refractivity contribution in [3.63, 3.8) is 0 Å². The Kier molecular flexibility index (Phi) is 5.30. The first-order valence-electron chi connectivity index (χ1n) is 7.03. The minimum absolute atomic E-state index is 0.0218. The Bertz CT molecular complexity index is 637. The fourth-order valence-corrected chi connectivity index (χ4v) is 2.13. The Balaban J connectivity index is 2.12. The molecule has 0 aliphatic rings. The summed E-state index contributed by atoms with van der Waals surface area (Å²) in [7, 11) is 0. The lowest BCUT2D eigenvalue weighted by atomic mass is 10.2. The van der Waals surface area contributed by atoms with Gasteiger partial charge in [0, 0.05) is 19.5 Å². The van der Waals surface area contributed by atoms with Crippen LogP contribution in [0, 0.1) is 6.92 Å². The summed E-state index contributed by atoms with van der Waals surface area (Å²) >= 11 is 0. The predicted molar refractivity (Wildman–Crippen MR) is 79.3 cm³/mol. The van der Waals surface area contributed by atoms with Crippen molar-refractivity contribution in [1.29, 1.82) is 0 Å². The molecule has 0 aliphatic heterocycles. The summed E-state index contributed by atoms with van der Waals surface area (Å²) in [5.41, 5.74) is 1.50. The highest BCUT2D eigenvalue weighted by molar-refractivity contribution is 5.92. The van der Waals surface area contributed by atoms with Crippen LogP contribution in [-0.2, 0) is 11.3 Å². The number of carbonyl (C=O) groups is 2. The fourth-order valence-electron chi connectivity index (χ4n) is 2.13. The van der Waals surface area contributed by atoms with Gasteiger partial charge in [0.15, 0.2) is 6.39 Å². The van der Waals surface area contributed by atoms with Crippen LogP contribution in [0.5, 0.6) is 0 Å². The molecule has 1 amide bonds. The zero-order valence-electron chi connectivity index (χ0n) is 12.4. The minimum Gasteiger partial charge on any atom is -0.481 e. The largest absolute Gasteiger partial charge is 0.481 e. The third-order valence-corrected chi connectivity index (χ3v) is 3.26. The van der Waals surface area contributed by atoms with Crippen LogP contribution in [-0.4, -0.2) is 33.4 Å².